The zero-order chi connectivity index (χ0) is 21.5. The number of alkyl halides is 3. The van der Waals surface area contributed by atoms with E-state index in [9.17, 15) is 13.2 Å². The average molecular weight is 383 g/mol. The Morgan fingerprint density at radius 2 is 1.33 bits per heavy atom. The van der Waals surface area contributed by atoms with E-state index in [1.807, 2.05) is 72.7 Å². The standard InChI is InChI=1S/C8H7F3.C8H7NO.3C2H6/c1-6-3-2-4-7(5-6)8(9,10)11;1-6-7-4-2-3-5-8(7)10-9-6;3*1-2/h2-5H,1H3;2-5H,1H3;3*1-2H3. The highest BCUT2D eigenvalue weighted by atomic mass is 19.4. The van der Waals surface area contributed by atoms with Crippen molar-refractivity contribution in [3.8, 4) is 0 Å². The molecule has 1 heterocycles. The van der Waals surface area contributed by atoms with Crippen LogP contribution in [-0.4, -0.2) is 5.16 Å². The molecular weight excluding hydrogens is 351 g/mol. The van der Waals surface area contributed by atoms with Gasteiger partial charge in [-0.15, -0.1) is 0 Å². The maximum absolute atomic E-state index is 12.0. The van der Waals surface area contributed by atoms with E-state index in [4.69, 9.17) is 4.52 Å². The summed E-state index contributed by atoms with van der Waals surface area (Å²) in [6, 6.07) is 13.1. The number of fused-ring (bicyclic) bond motifs is 1. The third-order valence-corrected chi connectivity index (χ3v) is 2.90. The first-order chi connectivity index (χ1) is 12.9. The Balaban J connectivity index is 0. The van der Waals surface area contributed by atoms with Gasteiger partial charge in [0.25, 0.3) is 0 Å². The number of aromatic nitrogens is 1. The number of halogens is 3. The van der Waals surface area contributed by atoms with Crippen molar-refractivity contribution in [1.29, 1.82) is 0 Å². The summed E-state index contributed by atoms with van der Waals surface area (Å²) in [7, 11) is 0. The Labute approximate surface area is 161 Å². The van der Waals surface area contributed by atoms with Crippen molar-refractivity contribution in [3.63, 3.8) is 0 Å². The molecule has 2 nitrogen and oxygen atoms in total. The van der Waals surface area contributed by atoms with Crippen molar-refractivity contribution in [1.82, 2.24) is 5.16 Å². The molecule has 0 atom stereocenters. The molecule has 1 aromatic heterocycles. The van der Waals surface area contributed by atoms with E-state index in [-0.39, 0.29) is 0 Å². The summed E-state index contributed by atoms with van der Waals surface area (Å²) in [6.45, 7) is 15.6. The summed E-state index contributed by atoms with van der Waals surface area (Å²) in [6.07, 6.45) is -4.22. The molecule has 0 bridgehead atoms. The summed E-state index contributed by atoms with van der Waals surface area (Å²) in [5, 5.41) is 4.92. The first-order valence-electron chi connectivity index (χ1n) is 9.33. The fourth-order valence-corrected chi connectivity index (χ4v) is 1.83. The Morgan fingerprint density at radius 1 is 0.778 bits per heavy atom. The number of nitrogens with zero attached hydrogens (tertiary/aromatic N) is 1. The molecule has 3 aromatic rings. The first kappa shape index (κ1) is 26.9. The van der Waals surface area contributed by atoms with Gasteiger partial charge in [0.05, 0.1) is 11.3 Å². The molecule has 0 aliphatic heterocycles. The van der Waals surface area contributed by atoms with Gasteiger partial charge >= 0.3 is 6.18 Å². The van der Waals surface area contributed by atoms with Crippen molar-refractivity contribution in [2.45, 2.75) is 61.6 Å². The maximum Gasteiger partial charge on any atom is 0.416 e. The molecule has 0 amide bonds. The van der Waals surface area contributed by atoms with Crippen LogP contribution in [0.25, 0.3) is 11.0 Å². The smallest absolute Gasteiger partial charge is 0.356 e. The molecule has 0 aliphatic carbocycles. The Kier molecular flexibility index (Phi) is 14.8. The van der Waals surface area contributed by atoms with Crippen LogP contribution >= 0.6 is 0 Å². The van der Waals surface area contributed by atoms with Gasteiger partial charge < -0.3 is 4.52 Å². The zero-order valence-corrected chi connectivity index (χ0v) is 17.6. The SMILES string of the molecule is CC.CC.CC.Cc1cccc(C(F)(F)F)c1.Cc1noc2ccccc12. The summed E-state index contributed by atoms with van der Waals surface area (Å²) in [5.41, 5.74) is 1.85. The van der Waals surface area contributed by atoms with Gasteiger partial charge in [0, 0.05) is 5.39 Å². The first-order valence-corrected chi connectivity index (χ1v) is 9.33. The second-order valence-electron chi connectivity index (χ2n) is 4.63. The summed E-state index contributed by atoms with van der Waals surface area (Å²) in [5.74, 6) is 0. The summed E-state index contributed by atoms with van der Waals surface area (Å²) < 4.78 is 40.9. The van der Waals surface area contributed by atoms with Crippen LogP contribution in [0.15, 0.2) is 53.1 Å². The third-order valence-electron chi connectivity index (χ3n) is 2.90. The van der Waals surface area contributed by atoms with Crippen LogP contribution in [0.1, 0.15) is 58.4 Å². The lowest BCUT2D eigenvalue weighted by molar-refractivity contribution is -0.137. The van der Waals surface area contributed by atoms with Gasteiger partial charge in [-0.25, -0.2) is 0 Å². The lowest BCUT2D eigenvalue weighted by Crippen LogP contribution is -2.04. The van der Waals surface area contributed by atoms with Crippen LogP contribution in [0.5, 0.6) is 0 Å². The van der Waals surface area contributed by atoms with Crippen LogP contribution in [-0.2, 0) is 6.18 Å². The normalized spacial score (nSPS) is 9.30. The largest absolute Gasteiger partial charge is 0.416 e. The monoisotopic (exact) mass is 383 g/mol. The van der Waals surface area contributed by atoms with Crippen molar-refractivity contribution in [2.75, 3.05) is 0 Å². The molecule has 3 rings (SSSR count). The Hall–Kier alpha value is -2.30. The lowest BCUT2D eigenvalue weighted by Gasteiger charge is -2.05. The lowest BCUT2D eigenvalue weighted by atomic mass is 10.1. The fourth-order valence-electron chi connectivity index (χ4n) is 1.83. The molecule has 2 aromatic carbocycles. The van der Waals surface area contributed by atoms with E-state index in [2.05, 4.69) is 5.16 Å². The number of hydrogen-bond acceptors (Lipinski definition) is 2. The molecular formula is C22H32F3NO. The van der Waals surface area contributed by atoms with Gasteiger partial charge in [-0.05, 0) is 32.0 Å². The third kappa shape index (κ3) is 9.83. The molecule has 152 valence electrons. The van der Waals surface area contributed by atoms with Crippen LogP contribution in [0.2, 0.25) is 0 Å². The minimum absolute atomic E-state index is 0.586. The number of rotatable bonds is 0. The van der Waals surface area contributed by atoms with Gasteiger partial charge in [0.2, 0.25) is 0 Å². The van der Waals surface area contributed by atoms with Crippen LogP contribution < -0.4 is 0 Å². The minimum Gasteiger partial charge on any atom is -0.356 e. The van der Waals surface area contributed by atoms with Crippen molar-refractivity contribution < 1.29 is 17.7 Å². The molecule has 0 radical (unpaired) electrons. The quantitative estimate of drug-likeness (QED) is 0.391. The number of benzene rings is 2. The molecule has 0 fully saturated rings. The molecule has 0 N–H and O–H groups in total. The summed E-state index contributed by atoms with van der Waals surface area (Å²) in [4.78, 5) is 0. The molecule has 0 saturated carbocycles. The molecule has 0 aliphatic rings. The average Bonchev–Trinajstić information content (AvgIpc) is 3.08. The molecule has 0 saturated heterocycles. The van der Waals surface area contributed by atoms with Crippen molar-refractivity contribution >= 4 is 11.0 Å². The predicted octanol–water partition coefficient (Wildman–Crippen LogP) is 8.23. The van der Waals surface area contributed by atoms with Crippen LogP contribution in [0, 0.1) is 13.8 Å². The molecule has 5 heteroatoms. The number of hydrogen-bond donors (Lipinski definition) is 0. The van der Waals surface area contributed by atoms with E-state index in [1.54, 1.807) is 13.0 Å². The summed E-state index contributed by atoms with van der Waals surface area (Å²) >= 11 is 0. The fraction of sp³-hybridized carbons (Fsp3) is 0.409. The molecule has 0 unspecified atom stereocenters. The van der Waals surface area contributed by atoms with E-state index in [0.717, 1.165) is 28.8 Å². The second kappa shape index (κ2) is 14.8. The highest BCUT2D eigenvalue weighted by Crippen LogP contribution is 2.29. The molecule has 0 spiro atoms. The van der Waals surface area contributed by atoms with Crippen molar-refractivity contribution in [2.24, 2.45) is 0 Å². The van der Waals surface area contributed by atoms with Crippen molar-refractivity contribution in [3.05, 3.63) is 65.4 Å². The van der Waals surface area contributed by atoms with Gasteiger partial charge in [-0.3, -0.25) is 0 Å². The van der Waals surface area contributed by atoms with Gasteiger partial charge in [-0.2, -0.15) is 13.2 Å². The highest BCUT2D eigenvalue weighted by Gasteiger charge is 2.29. The Morgan fingerprint density at radius 3 is 1.78 bits per heavy atom. The zero-order valence-electron chi connectivity index (χ0n) is 17.6. The Bertz CT molecular complexity index is 734. The second-order valence-corrected chi connectivity index (χ2v) is 4.63. The van der Waals surface area contributed by atoms with E-state index in [1.165, 1.54) is 6.07 Å². The topological polar surface area (TPSA) is 26.0 Å². The van der Waals surface area contributed by atoms with Gasteiger partial charge in [-0.1, -0.05) is 82.6 Å². The van der Waals surface area contributed by atoms with Crippen LogP contribution in [0.4, 0.5) is 13.2 Å². The number of para-hydroxylation sites is 1. The minimum atomic E-state index is -4.22. The van der Waals surface area contributed by atoms with E-state index in [0.29, 0.717) is 5.56 Å². The van der Waals surface area contributed by atoms with E-state index >= 15 is 0 Å². The maximum atomic E-state index is 12.0. The van der Waals surface area contributed by atoms with Crippen LogP contribution in [0.3, 0.4) is 0 Å². The van der Waals surface area contributed by atoms with E-state index < -0.39 is 11.7 Å². The number of aryl methyl sites for hydroxylation is 2. The van der Waals surface area contributed by atoms with Gasteiger partial charge in [0.1, 0.15) is 0 Å². The predicted molar refractivity (Wildman–Crippen MR) is 109 cm³/mol. The molecule has 27 heavy (non-hydrogen) atoms. The highest BCUT2D eigenvalue weighted by molar-refractivity contribution is 5.78. The van der Waals surface area contributed by atoms with Gasteiger partial charge in [0.15, 0.2) is 5.58 Å².